The van der Waals surface area contributed by atoms with Crippen LogP contribution in [-0.2, 0) is 4.79 Å². The van der Waals surface area contributed by atoms with Crippen LogP contribution in [0.5, 0.6) is 11.5 Å². The zero-order valence-electron chi connectivity index (χ0n) is 15.5. The van der Waals surface area contributed by atoms with E-state index in [1.807, 2.05) is 13.0 Å². The van der Waals surface area contributed by atoms with Crippen LogP contribution in [0.1, 0.15) is 24.5 Å². The summed E-state index contributed by atoms with van der Waals surface area (Å²) in [7, 11) is 1.56. The van der Waals surface area contributed by atoms with Gasteiger partial charge in [-0.3, -0.25) is 4.79 Å². The van der Waals surface area contributed by atoms with Gasteiger partial charge in [-0.15, -0.1) is 0 Å². The fourth-order valence-corrected chi connectivity index (χ4v) is 2.53. The van der Waals surface area contributed by atoms with Gasteiger partial charge in [-0.05, 0) is 54.8 Å². The highest BCUT2D eigenvalue weighted by atomic mass is 35.5. The molecule has 6 heteroatoms. The molecule has 0 unspecified atom stereocenters. The average Bonchev–Trinajstić information content (AvgIpc) is 2.67. The number of hydrogen-bond acceptors (Lipinski definition) is 4. The van der Waals surface area contributed by atoms with Crippen molar-refractivity contribution in [2.24, 2.45) is 0 Å². The summed E-state index contributed by atoms with van der Waals surface area (Å²) >= 11 is 6.07. The minimum Gasteiger partial charge on any atom is -0.493 e. The number of hydrogen-bond donors (Lipinski definition) is 1. The highest BCUT2D eigenvalue weighted by Gasteiger charge is 2.13. The highest BCUT2D eigenvalue weighted by Crippen LogP contribution is 2.29. The van der Waals surface area contributed by atoms with E-state index in [1.54, 1.807) is 50.4 Å². The van der Waals surface area contributed by atoms with Gasteiger partial charge in [0, 0.05) is 10.7 Å². The van der Waals surface area contributed by atoms with Gasteiger partial charge in [0.1, 0.15) is 11.6 Å². The molecule has 0 aliphatic rings. The Morgan fingerprint density at radius 1 is 1.30 bits per heavy atom. The summed E-state index contributed by atoms with van der Waals surface area (Å²) in [6, 6.07) is 12.4. The van der Waals surface area contributed by atoms with Crippen LogP contribution in [0.2, 0.25) is 5.02 Å². The molecule has 0 bridgehead atoms. The van der Waals surface area contributed by atoms with E-state index in [1.165, 1.54) is 6.08 Å². The molecule has 2 aromatic carbocycles. The van der Waals surface area contributed by atoms with Crippen molar-refractivity contribution in [1.29, 1.82) is 5.26 Å². The first-order valence-electron chi connectivity index (χ1n) is 8.49. The first kappa shape index (κ1) is 20.3. The van der Waals surface area contributed by atoms with Gasteiger partial charge in [0.15, 0.2) is 11.5 Å². The first-order valence-corrected chi connectivity index (χ1v) is 8.87. The fourth-order valence-electron chi connectivity index (χ4n) is 2.36. The minimum atomic E-state index is -0.505. The van der Waals surface area contributed by atoms with Crippen LogP contribution >= 0.6 is 11.6 Å². The number of nitriles is 1. The Bertz CT molecular complexity index is 901. The Morgan fingerprint density at radius 3 is 2.74 bits per heavy atom. The van der Waals surface area contributed by atoms with Crippen LogP contribution in [0.15, 0.2) is 42.0 Å². The lowest BCUT2D eigenvalue weighted by Crippen LogP contribution is -2.14. The summed E-state index contributed by atoms with van der Waals surface area (Å²) in [6.07, 6.45) is 2.36. The van der Waals surface area contributed by atoms with Crippen molar-refractivity contribution < 1.29 is 14.3 Å². The number of nitrogens with one attached hydrogen (secondary N) is 1. The van der Waals surface area contributed by atoms with Crippen molar-refractivity contribution in [1.82, 2.24) is 0 Å². The SMILES string of the molecule is CCCOc1cc(/C=C(\C#N)C(=O)Nc2cccc(Cl)c2C)ccc1OC. The van der Waals surface area contributed by atoms with Crippen LogP contribution in [0.25, 0.3) is 6.08 Å². The number of ether oxygens (including phenoxy) is 2. The number of anilines is 1. The maximum absolute atomic E-state index is 12.5. The van der Waals surface area contributed by atoms with Crippen LogP contribution < -0.4 is 14.8 Å². The van der Waals surface area contributed by atoms with Crippen molar-refractivity contribution in [2.45, 2.75) is 20.3 Å². The Labute approximate surface area is 164 Å². The number of carbonyl (C=O) groups is 1. The van der Waals surface area contributed by atoms with Crippen LogP contribution in [0.3, 0.4) is 0 Å². The van der Waals surface area contributed by atoms with E-state index in [2.05, 4.69) is 5.32 Å². The molecule has 0 radical (unpaired) electrons. The molecule has 27 heavy (non-hydrogen) atoms. The third-order valence-corrected chi connectivity index (χ3v) is 4.25. The molecule has 5 nitrogen and oxygen atoms in total. The molecule has 140 valence electrons. The summed E-state index contributed by atoms with van der Waals surface area (Å²) in [5.41, 5.74) is 1.94. The summed E-state index contributed by atoms with van der Waals surface area (Å²) in [5, 5.41) is 12.7. The molecule has 1 amide bonds. The molecule has 0 fully saturated rings. The molecule has 0 aliphatic carbocycles. The maximum atomic E-state index is 12.5. The van der Waals surface area contributed by atoms with Crippen molar-refractivity contribution in [2.75, 3.05) is 19.0 Å². The molecule has 0 spiro atoms. The average molecular weight is 385 g/mol. The van der Waals surface area contributed by atoms with Gasteiger partial charge in [-0.2, -0.15) is 5.26 Å². The van der Waals surface area contributed by atoms with E-state index in [0.717, 1.165) is 12.0 Å². The standard InChI is InChI=1S/C21H21ClN2O3/c1-4-10-27-20-12-15(8-9-19(20)26-3)11-16(13-23)21(25)24-18-7-5-6-17(22)14(18)2/h5-9,11-12H,4,10H2,1-3H3,(H,24,25)/b16-11+. The van der Waals surface area contributed by atoms with E-state index >= 15 is 0 Å². The lowest BCUT2D eigenvalue weighted by atomic mass is 10.1. The van der Waals surface area contributed by atoms with Crippen molar-refractivity contribution in [3.63, 3.8) is 0 Å². The Hall–Kier alpha value is -2.97. The molecular formula is C21H21ClN2O3. The Morgan fingerprint density at radius 2 is 2.07 bits per heavy atom. The van der Waals surface area contributed by atoms with E-state index in [-0.39, 0.29) is 5.57 Å². The van der Waals surface area contributed by atoms with Gasteiger partial charge >= 0.3 is 0 Å². The second-order valence-corrected chi connectivity index (χ2v) is 6.20. The minimum absolute atomic E-state index is 0.0269. The fraction of sp³-hybridized carbons (Fsp3) is 0.238. The normalized spacial score (nSPS) is 10.9. The van der Waals surface area contributed by atoms with Gasteiger partial charge in [0.25, 0.3) is 5.91 Å². The summed E-state index contributed by atoms with van der Waals surface area (Å²) in [5.74, 6) is 0.657. The zero-order chi connectivity index (χ0) is 19.8. The molecule has 0 saturated heterocycles. The topological polar surface area (TPSA) is 71.3 Å². The van der Waals surface area contributed by atoms with E-state index < -0.39 is 5.91 Å². The smallest absolute Gasteiger partial charge is 0.266 e. The quantitative estimate of drug-likeness (QED) is 0.539. The number of amides is 1. The number of rotatable bonds is 7. The molecule has 0 atom stereocenters. The zero-order valence-corrected chi connectivity index (χ0v) is 16.3. The van der Waals surface area contributed by atoms with Crippen molar-refractivity contribution in [3.8, 4) is 17.6 Å². The lowest BCUT2D eigenvalue weighted by molar-refractivity contribution is -0.112. The number of nitrogens with zero attached hydrogens (tertiary/aromatic N) is 1. The summed E-state index contributed by atoms with van der Waals surface area (Å²) in [4.78, 5) is 12.5. The number of methoxy groups -OCH3 is 1. The maximum Gasteiger partial charge on any atom is 0.266 e. The molecule has 0 heterocycles. The molecule has 0 aromatic heterocycles. The second-order valence-electron chi connectivity index (χ2n) is 5.80. The Balaban J connectivity index is 2.28. The molecule has 0 aliphatic heterocycles. The van der Waals surface area contributed by atoms with Gasteiger partial charge < -0.3 is 14.8 Å². The largest absolute Gasteiger partial charge is 0.493 e. The first-order chi connectivity index (χ1) is 13.0. The van der Waals surface area contributed by atoms with Crippen molar-refractivity contribution >= 4 is 29.3 Å². The van der Waals surface area contributed by atoms with Gasteiger partial charge in [-0.25, -0.2) is 0 Å². The monoisotopic (exact) mass is 384 g/mol. The van der Waals surface area contributed by atoms with Crippen LogP contribution in [0.4, 0.5) is 5.69 Å². The van der Waals surface area contributed by atoms with E-state index in [9.17, 15) is 10.1 Å². The summed E-state index contributed by atoms with van der Waals surface area (Å²) in [6.45, 7) is 4.35. The molecular weight excluding hydrogens is 364 g/mol. The predicted octanol–water partition coefficient (Wildman–Crippen LogP) is 4.99. The van der Waals surface area contributed by atoms with Gasteiger partial charge in [0.2, 0.25) is 0 Å². The Kier molecular flexibility index (Phi) is 7.27. The van der Waals surface area contributed by atoms with E-state index in [4.69, 9.17) is 21.1 Å². The molecule has 1 N–H and O–H groups in total. The number of benzene rings is 2. The third kappa shape index (κ3) is 5.25. The molecule has 2 rings (SSSR count). The molecule has 2 aromatic rings. The summed E-state index contributed by atoms with van der Waals surface area (Å²) < 4.78 is 10.9. The van der Waals surface area contributed by atoms with Crippen LogP contribution in [-0.4, -0.2) is 19.6 Å². The van der Waals surface area contributed by atoms with Crippen LogP contribution in [0, 0.1) is 18.3 Å². The molecule has 0 saturated carbocycles. The predicted molar refractivity (Wildman–Crippen MR) is 107 cm³/mol. The van der Waals surface area contributed by atoms with Gasteiger partial charge in [-0.1, -0.05) is 30.7 Å². The number of halogens is 1. The second kappa shape index (κ2) is 9.65. The van der Waals surface area contributed by atoms with Crippen molar-refractivity contribution in [3.05, 3.63) is 58.1 Å². The highest BCUT2D eigenvalue weighted by molar-refractivity contribution is 6.31. The van der Waals surface area contributed by atoms with Gasteiger partial charge in [0.05, 0.1) is 13.7 Å². The third-order valence-electron chi connectivity index (χ3n) is 3.84. The number of carbonyl (C=O) groups excluding carboxylic acids is 1. The lowest BCUT2D eigenvalue weighted by Gasteiger charge is -2.11. The van der Waals surface area contributed by atoms with E-state index in [0.29, 0.717) is 34.4 Å².